The first kappa shape index (κ1) is 14.7. The maximum atomic E-state index is 13.5. The molecule has 4 nitrogen and oxygen atoms in total. The van der Waals surface area contributed by atoms with Crippen LogP contribution in [0.5, 0.6) is 0 Å². The van der Waals surface area contributed by atoms with E-state index in [4.69, 9.17) is 5.73 Å². The first-order chi connectivity index (χ1) is 9.27. The highest BCUT2D eigenvalue weighted by Gasteiger charge is 2.12. The van der Waals surface area contributed by atoms with Crippen LogP contribution in [0, 0.1) is 11.6 Å². The highest BCUT2D eigenvalue weighted by atomic mass is 32.2. The minimum absolute atomic E-state index is 0.0731. The number of pyridine rings is 1. The van der Waals surface area contributed by atoms with E-state index in [1.807, 2.05) is 0 Å². The molecule has 0 saturated carbocycles. The van der Waals surface area contributed by atoms with E-state index in [1.165, 1.54) is 24.3 Å². The summed E-state index contributed by atoms with van der Waals surface area (Å²) < 4.78 is 49.1. The van der Waals surface area contributed by atoms with Crippen molar-refractivity contribution in [2.75, 3.05) is 12.0 Å². The zero-order valence-corrected chi connectivity index (χ0v) is 11.9. The van der Waals surface area contributed by atoms with Gasteiger partial charge in [0.1, 0.15) is 5.03 Å². The molecule has 0 bridgehead atoms. The second kappa shape index (κ2) is 5.37. The van der Waals surface area contributed by atoms with Gasteiger partial charge in [0, 0.05) is 17.2 Å². The lowest BCUT2D eigenvalue weighted by Crippen LogP contribution is -1.99. The number of nitrogen functional groups attached to an aromatic ring is 1. The monoisotopic (exact) mass is 316 g/mol. The molecule has 1 aromatic carbocycles. The number of rotatable bonds is 3. The summed E-state index contributed by atoms with van der Waals surface area (Å²) in [5.74, 6) is -2.13. The van der Waals surface area contributed by atoms with Crippen molar-refractivity contribution in [2.24, 2.45) is 0 Å². The van der Waals surface area contributed by atoms with Crippen LogP contribution in [0.4, 0.5) is 14.6 Å². The van der Waals surface area contributed by atoms with Crippen molar-refractivity contribution in [1.82, 2.24) is 4.98 Å². The second-order valence-electron chi connectivity index (χ2n) is 3.99. The molecule has 0 atom stereocenters. The smallest absolute Gasteiger partial charge is 0.175 e. The quantitative estimate of drug-likeness (QED) is 0.942. The summed E-state index contributed by atoms with van der Waals surface area (Å²) in [6.07, 6.45) is 1.09. The predicted molar refractivity (Wildman–Crippen MR) is 72.2 cm³/mol. The largest absolute Gasteiger partial charge is 0.381 e. The minimum atomic E-state index is -3.28. The summed E-state index contributed by atoms with van der Waals surface area (Å²) in [5.41, 5.74) is 5.28. The maximum absolute atomic E-state index is 13.5. The van der Waals surface area contributed by atoms with Crippen LogP contribution in [0.25, 0.3) is 0 Å². The summed E-state index contributed by atoms with van der Waals surface area (Å²) >= 11 is 0.929. The molecular formula is C12H10F2N2O2S2. The summed E-state index contributed by atoms with van der Waals surface area (Å²) in [4.78, 5) is 4.34. The van der Waals surface area contributed by atoms with Crippen molar-refractivity contribution < 1.29 is 17.2 Å². The molecule has 0 amide bonds. The van der Waals surface area contributed by atoms with Gasteiger partial charge in [-0.3, -0.25) is 0 Å². The fourth-order valence-electron chi connectivity index (χ4n) is 1.40. The van der Waals surface area contributed by atoms with Crippen molar-refractivity contribution in [3.63, 3.8) is 0 Å². The van der Waals surface area contributed by atoms with Crippen LogP contribution in [-0.2, 0) is 9.84 Å². The lowest BCUT2D eigenvalue weighted by atomic mass is 10.4. The Morgan fingerprint density at radius 3 is 2.30 bits per heavy atom. The minimum Gasteiger partial charge on any atom is -0.381 e. The normalized spacial score (nSPS) is 11.6. The fourth-order valence-corrected chi connectivity index (χ4v) is 2.83. The molecule has 8 heteroatoms. The van der Waals surface area contributed by atoms with Crippen molar-refractivity contribution in [1.29, 1.82) is 0 Å². The van der Waals surface area contributed by atoms with Gasteiger partial charge in [-0.2, -0.15) is 0 Å². The number of benzene rings is 1. The van der Waals surface area contributed by atoms with Gasteiger partial charge in [0.2, 0.25) is 0 Å². The van der Waals surface area contributed by atoms with E-state index in [9.17, 15) is 17.2 Å². The molecule has 2 aromatic rings. The van der Waals surface area contributed by atoms with Crippen molar-refractivity contribution in [2.45, 2.75) is 14.8 Å². The molecule has 1 heterocycles. The Morgan fingerprint density at radius 2 is 1.75 bits per heavy atom. The van der Waals surface area contributed by atoms with E-state index in [-0.39, 0.29) is 15.7 Å². The topological polar surface area (TPSA) is 73.0 Å². The molecule has 0 aliphatic heterocycles. The third-order valence-corrected chi connectivity index (χ3v) is 4.51. The van der Waals surface area contributed by atoms with Gasteiger partial charge in [0.15, 0.2) is 27.3 Å². The zero-order chi connectivity index (χ0) is 14.9. The average Bonchev–Trinajstić information content (AvgIpc) is 2.35. The van der Waals surface area contributed by atoms with Crippen LogP contribution in [0.1, 0.15) is 0 Å². The second-order valence-corrected chi connectivity index (χ2v) is 7.07. The lowest BCUT2D eigenvalue weighted by molar-refractivity contribution is 0.552. The molecular weight excluding hydrogens is 306 g/mol. The molecule has 0 fully saturated rings. The van der Waals surface area contributed by atoms with Crippen LogP contribution in [0.2, 0.25) is 0 Å². The molecule has 2 rings (SSSR count). The maximum Gasteiger partial charge on any atom is 0.175 e. The zero-order valence-electron chi connectivity index (χ0n) is 10.3. The van der Waals surface area contributed by atoms with E-state index in [2.05, 4.69) is 4.98 Å². The molecule has 0 aliphatic carbocycles. The SMILES string of the molecule is CS(=O)(=O)c1ccc(Sc2nc(N)c(F)cc2F)cc1. The van der Waals surface area contributed by atoms with Crippen molar-refractivity contribution in [3.8, 4) is 0 Å². The van der Waals surface area contributed by atoms with E-state index >= 15 is 0 Å². The Kier molecular flexibility index (Phi) is 3.96. The fraction of sp³-hybridized carbons (Fsp3) is 0.0833. The Hall–Kier alpha value is -1.67. The van der Waals surface area contributed by atoms with Gasteiger partial charge in [-0.25, -0.2) is 22.2 Å². The van der Waals surface area contributed by atoms with Gasteiger partial charge < -0.3 is 5.73 Å². The summed E-state index contributed by atoms with van der Waals surface area (Å²) in [6.45, 7) is 0. The number of anilines is 1. The van der Waals surface area contributed by atoms with Gasteiger partial charge in [-0.1, -0.05) is 11.8 Å². The van der Waals surface area contributed by atoms with Gasteiger partial charge in [0.25, 0.3) is 0 Å². The Balaban J connectivity index is 2.29. The van der Waals surface area contributed by atoms with Crippen LogP contribution < -0.4 is 5.73 Å². The van der Waals surface area contributed by atoms with E-state index in [0.29, 0.717) is 11.0 Å². The van der Waals surface area contributed by atoms with Crippen molar-refractivity contribution >= 4 is 27.4 Å². The molecule has 2 N–H and O–H groups in total. The van der Waals surface area contributed by atoms with Crippen molar-refractivity contribution in [3.05, 3.63) is 42.0 Å². The number of hydrogen-bond acceptors (Lipinski definition) is 5. The molecule has 0 saturated heterocycles. The Morgan fingerprint density at radius 1 is 1.15 bits per heavy atom. The summed E-state index contributed by atoms with van der Waals surface area (Å²) in [6, 6.07) is 6.50. The molecule has 0 unspecified atom stereocenters. The number of nitrogens with two attached hydrogens (primary N) is 1. The summed E-state index contributed by atoms with van der Waals surface area (Å²) in [7, 11) is -3.28. The van der Waals surface area contributed by atoms with Crippen LogP contribution in [-0.4, -0.2) is 19.7 Å². The number of halogens is 2. The highest BCUT2D eigenvalue weighted by Crippen LogP contribution is 2.30. The highest BCUT2D eigenvalue weighted by molar-refractivity contribution is 7.99. The van der Waals surface area contributed by atoms with Crippen LogP contribution >= 0.6 is 11.8 Å². The third-order valence-electron chi connectivity index (χ3n) is 2.39. The number of aromatic nitrogens is 1. The molecule has 0 spiro atoms. The first-order valence-electron chi connectivity index (χ1n) is 5.37. The number of hydrogen-bond donors (Lipinski definition) is 1. The van der Waals surface area contributed by atoms with Gasteiger partial charge in [0.05, 0.1) is 4.90 Å². The molecule has 0 aliphatic rings. The molecule has 20 heavy (non-hydrogen) atoms. The molecule has 0 radical (unpaired) electrons. The first-order valence-corrected chi connectivity index (χ1v) is 8.07. The van der Waals surface area contributed by atoms with Crippen LogP contribution in [0.3, 0.4) is 0 Å². The summed E-state index contributed by atoms with van der Waals surface area (Å²) in [5, 5.41) is -0.0731. The average molecular weight is 316 g/mol. The van der Waals surface area contributed by atoms with Crippen LogP contribution in [0.15, 0.2) is 45.1 Å². The van der Waals surface area contributed by atoms with E-state index in [0.717, 1.165) is 18.0 Å². The van der Waals surface area contributed by atoms with Gasteiger partial charge in [-0.05, 0) is 24.3 Å². The standard InChI is InChI=1S/C12H10F2N2O2S2/c1-20(17,18)8-4-2-7(3-5-8)19-12-10(14)6-9(13)11(15)16-12/h2-6H,1H3,(H2,15,16). The van der Waals surface area contributed by atoms with E-state index in [1.54, 1.807) is 0 Å². The Labute approximate surface area is 118 Å². The van der Waals surface area contributed by atoms with E-state index < -0.39 is 21.5 Å². The number of nitrogens with zero attached hydrogens (tertiary/aromatic N) is 1. The lowest BCUT2D eigenvalue weighted by Gasteiger charge is -2.05. The third kappa shape index (κ3) is 3.26. The Bertz CT molecular complexity index is 747. The number of sulfone groups is 1. The molecule has 1 aromatic heterocycles. The predicted octanol–water partition coefficient (Wildman–Crippen LogP) is 2.50. The van der Waals surface area contributed by atoms with Gasteiger partial charge in [-0.15, -0.1) is 0 Å². The molecule has 106 valence electrons. The van der Waals surface area contributed by atoms with Gasteiger partial charge >= 0.3 is 0 Å².